The molecule has 0 N–H and O–H groups in total. The second-order valence-corrected chi connectivity index (χ2v) is 4.37. The van der Waals surface area contributed by atoms with Gasteiger partial charge < -0.3 is 8.94 Å². The Labute approximate surface area is 101 Å². The van der Waals surface area contributed by atoms with Crippen molar-refractivity contribution in [1.82, 2.24) is 15.1 Å². The minimum Gasteiger partial charge on any atom is -0.438 e. The highest BCUT2D eigenvalue weighted by molar-refractivity contribution is 7.07. The fourth-order valence-electron chi connectivity index (χ4n) is 1.50. The average Bonchev–Trinajstić information content (AvgIpc) is 3.00. The first-order chi connectivity index (χ1) is 8.33. The largest absolute Gasteiger partial charge is 0.438 e. The molecule has 3 aromatic heterocycles. The minimum absolute atomic E-state index is 0.380. The van der Waals surface area contributed by atoms with E-state index in [0.717, 1.165) is 5.69 Å². The molecule has 5 nitrogen and oxygen atoms in total. The molecule has 3 rings (SSSR count). The molecule has 0 unspecified atom stereocenters. The minimum atomic E-state index is 0.380. The normalized spacial score (nSPS) is 10.9. The van der Waals surface area contributed by atoms with Gasteiger partial charge in [-0.1, -0.05) is 5.16 Å². The van der Waals surface area contributed by atoms with Gasteiger partial charge in [-0.25, -0.2) is 4.98 Å². The molecule has 3 heterocycles. The summed E-state index contributed by atoms with van der Waals surface area (Å²) in [5, 5.41) is 8.01. The van der Waals surface area contributed by atoms with Crippen molar-refractivity contribution in [3.63, 3.8) is 0 Å². The summed E-state index contributed by atoms with van der Waals surface area (Å²) in [4.78, 5) is 8.27. The van der Waals surface area contributed by atoms with Crippen LogP contribution in [-0.4, -0.2) is 15.1 Å². The molecule has 0 amide bonds. The Hall–Kier alpha value is -1.95. The maximum absolute atomic E-state index is 5.19. The van der Waals surface area contributed by atoms with E-state index in [-0.39, 0.29) is 0 Å². The molecular weight excluding hydrogens is 238 g/mol. The second kappa shape index (κ2) is 4.14. The first-order valence-electron chi connectivity index (χ1n) is 5.07. The first kappa shape index (κ1) is 10.2. The van der Waals surface area contributed by atoms with Crippen molar-refractivity contribution >= 4 is 11.3 Å². The Balaban J connectivity index is 1.86. The van der Waals surface area contributed by atoms with Crippen LogP contribution in [0.1, 0.15) is 17.1 Å². The highest BCUT2D eigenvalue weighted by atomic mass is 32.1. The van der Waals surface area contributed by atoms with Gasteiger partial charge in [0.25, 0.3) is 5.89 Å². The highest BCUT2D eigenvalue weighted by Gasteiger charge is 2.15. The van der Waals surface area contributed by atoms with E-state index in [9.17, 15) is 0 Å². The van der Waals surface area contributed by atoms with Crippen molar-refractivity contribution in [1.29, 1.82) is 0 Å². The Morgan fingerprint density at radius 3 is 3.06 bits per heavy atom. The van der Waals surface area contributed by atoms with Crippen LogP contribution in [0.15, 0.2) is 32.2 Å². The van der Waals surface area contributed by atoms with Crippen molar-refractivity contribution in [3.8, 4) is 11.7 Å². The van der Waals surface area contributed by atoms with Crippen molar-refractivity contribution in [3.05, 3.63) is 40.3 Å². The van der Waals surface area contributed by atoms with E-state index < -0.39 is 0 Å². The number of aryl methyl sites for hydroxylation is 1. The Morgan fingerprint density at radius 2 is 2.35 bits per heavy atom. The van der Waals surface area contributed by atoms with E-state index in [1.54, 1.807) is 11.3 Å². The topological polar surface area (TPSA) is 65.0 Å². The summed E-state index contributed by atoms with van der Waals surface area (Å²) >= 11 is 1.65. The zero-order valence-corrected chi connectivity index (χ0v) is 9.90. The van der Waals surface area contributed by atoms with E-state index in [1.165, 1.54) is 12.0 Å². The summed E-state index contributed by atoms with van der Waals surface area (Å²) in [6.45, 7) is 1.83. The summed E-state index contributed by atoms with van der Waals surface area (Å²) in [6, 6.07) is 2.04. The van der Waals surface area contributed by atoms with Crippen LogP contribution in [0.2, 0.25) is 0 Å². The predicted molar refractivity (Wildman–Crippen MR) is 61.7 cm³/mol. The van der Waals surface area contributed by atoms with Crippen molar-refractivity contribution in [2.24, 2.45) is 0 Å². The molecule has 17 heavy (non-hydrogen) atoms. The number of aromatic nitrogens is 3. The molecule has 0 bridgehead atoms. The SMILES string of the molecule is Cc1ncoc1-c1nc(Cc2ccsc2)no1. The molecule has 0 aromatic carbocycles. The maximum atomic E-state index is 5.19. The third-order valence-corrected chi connectivity index (χ3v) is 3.08. The van der Waals surface area contributed by atoms with E-state index in [2.05, 4.69) is 20.5 Å². The van der Waals surface area contributed by atoms with E-state index in [0.29, 0.717) is 23.9 Å². The average molecular weight is 247 g/mol. The number of oxazole rings is 1. The number of hydrogen-bond donors (Lipinski definition) is 0. The predicted octanol–water partition coefficient (Wildman–Crippen LogP) is 2.69. The third kappa shape index (κ3) is 1.99. The van der Waals surface area contributed by atoms with Crippen molar-refractivity contribution in [2.45, 2.75) is 13.3 Å². The van der Waals surface area contributed by atoms with Gasteiger partial charge in [-0.05, 0) is 29.3 Å². The summed E-state index contributed by atoms with van der Waals surface area (Å²) in [7, 11) is 0. The van der Waals surface area contributed by atoms with Crippen LogP contribution in [0, 0.1) is 6.92 Å². The van der Waals surface area contributed by atoms with Gasteiger partial charge in [-0.15, -0.1) is 0 Å². The van der Waals surface area contributed by atoms with E-state index >= 15 is 0 Å². The Morgan fingerprint density at radius 1 is 1.41 bits per heavy atom. The van der Waals surface area contributed by atoms with E-state index in [4.69, 9.17) is 8.94 Å². The molecule has 0 radical (unpaired) electrons. The molecule has 3 aromatic rings. The molecule has 0 fully saturated rings. The number of nitrogens with zero attached hydrogens (tertiary/aromatic N) is 3. The van der Waals surface area contributed by atoms with Gasteiger partial charge in [0, 0.05) is 6.42 Å². The zero-order valence-electron chi connectivity index (χ0n) is 9.08. The van der Waals surface area contributed by atoms with Crippen LogP contribution >= 0.6 is 11.3 Å². The fraction of sp³-hybridized carbons (Fsp3) is 0.182. The monoisotopic (exact) mass is 247 g/mol. The molecule has 0 aliphatic rings. The van der Waals surface area contributed by atoms with Gasteiger partial charge in [0.1, 0.15) is 0 Å². The fourth-order valence-corrected chi connectivity index (χ4v) is 2.17. The Kier molecular flexibility index (Phi) is 2.49. The van der Waals surface area contributed by atoms with Gasteiger partial charge in [0.2, 0.25) is 5.76 Å². The van der Waals surface area contributed by atoms with Gasteiger partial charge in [-0.2, -0.15) is 16.3 Å². The smallest absolute Gasteiger partial charge is 0.295 e. The van der Waals surface area contributed by atoms with Crippen LogP contribution in [0.4, 0.5) is 0 Å². The lowest BCUT2D eigenvalue weighted by Gasteiger charge is -1.88. The molecule has 0 spiro atoms. The molecule has 0 saturated heterocycles. The summed E-state index contributed by atoms with van der Waals surface area (Å²) in [5.41, 5.74) is 1.92. The summed E-state index contributed by atoms with van der Waals surface area (Å²) < 4.78 is 10.3. The lowest BCUT2D eigenvalue weighted by molar-refractivity contribution is 0.409. The van der Waals surface area contributed by atoms with Gasteiger partial charge in [0.05, 0.1) is 5.69 Å². The lowest BCUT2D eigenvalue weighted by atomic mass is 10.2. The first-order valence-corrected chi connectivity index (χ1v) is 6.01. The standard InChI is InChI=1S/C11H9N3O2S/c1-7-10(15-6-12-7)11-13-9(14-16-11)4-8-2-3-17-5-8/h2-3,5-6H,4H2,1H3. The van der Waals surface area contributed by atoms with Crippen LogP contribution in [0.3, 0.4) is 0 Å². The summed E-state index contributed by atoms with van der Waals surface area (Å²) in [5.74, 6) is 1.56. The van der Waals surface area contributed by atoms with Crippen LogP contribution < -0.4 is 0 Å². The third-order valence-electron chi connectivity index (χ3n) is 2.35. The number of thiophene rings is 1. The number of hydrogen-bond acceptors (Lipinski definition) is 6. The maximum Gasteiger partial charge on any atom is 0.295 e. The van der Waals surface area contributed by atoms with Crippen LogP contribution in [0.5, 0.6) is 0 Å². The molecule has 6 heteroatoms. The highest BCUT2D eigenvalue weighted by Crippen LogP contribution is 2.21. The van der Waals surface area contributed by atoms with Crippen molar-refractivity contribution < 1.29 is 8.94 Å². The second-order valence-electron chi connectivity index (χ2n) is 3.59. The zero-order chi connectivity index (χ0) is 11.7. The van der Waals surface area contributed by atoms with Crippen LogP contribution in [-0.2, 0) is 6.42 Å². The van der Waals surface area contributed by atoms with Gasteiger partial charge in [-0.3, -0.25) is 0 Å². The van der Waals surface area contributed by atoms with Crippen LogP contribution in [0.25, 0.3) is 11.7 Å². The van der Waals surface area contributed by atoms with Gasteiger partial charge >= 0.3 is 0 Å². The molecular formula is C11H9N3O2S. The Bertz CT molecular complexity index is 612. The molecule has 0 aliphatic carbocycles. The quantitative estimate of drug-likeness (QED) is 0.712. The van der Waals surface area contributed by atoms with Gasteiger partial charge in [0.15, 0.2) is 12.2 Å². The molecule has 0 aliphatic heterocycles. The van der Waals surface area contributed by atoms with E-state index in [1.807, 2.05) is 18.4 Å². The molecule has 86 valence electrons. The summed E-state index contributed by atoms with van der Waals surface area (Å²) in [6.07, 6.45) is 2.04. The molecule has 0 atom stereocenters. The lowest BCUT2D eigenvalue weighted by Crippen LogP contribution is -1.88. The molecule has 0 saturated carbocycles. The number of rotatable bonds is 3. The van der Waals surface area contributed by atoms with Crippen molar-refractivity contribution in [2.75, 3.05) is 0 Å².